The molecular formula is C26H31N3O3S. The molecule has 0 amide bonds. The van der Waals surface area contributed by atoms with Gasteiger partial charge in [-0.05, 0) is 57.0 Å². The SMILES string of the molecule is CN1CCN(Cc2c3n(c4ccc(OC5CCCCC5)cc24)S(=O)(=O)c2ccccc2-3)CC1. The maximum atomic E-state index is 13.6. The number of likely N-dealkylation sites (N-methyl/N-ethyl adjacent to an activating group) is 1. The van der Waals surface area contributed by atoms with Crippen molar-refractivity contribution in [3.05, 3.63) is 48.0 Å². The van der Waals surface area contributed by atoms with E-state index in [4.69, 9.17) is 4.74 Å². The zero-order valence-electron chi connectivity index (χ0n) is 19.2. The van der Waals surface area contributed by atoms with Gasteiger partial charge in [-0.25, -0.2) is 12.4 Å². The topological polar surface area (TPSA) is 54.8 Å². The van der Waals surface area contributed by atoms with E-state index >= 15 is 0 Å². The Labute approximate surface area is 195 Å². The normalized spacial score (nSPS) is 21.2. The summed E-state index contributed by atoms with van der Waals surface area (Å²) in [5.41, 5.74) is 3.49. The van der Waals surface area contributed by atoms with Crippen LogP contribution in [0.2, 0.25) is 0 Å². The third-order valence-electron chi connectivity index (χ3n) is 7.49. The average Bonchev–Trinajstić information content (AvgIpc) is 3.27. The van der Waals surface area contributed by atoms with Crippen molar-refractivity contribution in [2.75, 3.05) is 33.2 Å². The van der Waals surface area contributed by atoms with Crippen molar-refractivity contribution < 1.29 is 13.2 Å². The predicted octanol–water partition coefficient (Wildman–Crippen LogP) is 4.32. The zero-order chi connectivity index (χ0) is 22.6. The van der Waals surface area contributed by atoms with E-state index in [0.29, 0.717) is 4.90 Å². The minimum atomic E-state index is -3.61. The Hall–Kier alpha value is -2.35. The zero-order valence-corrected chi connectivity index (χ0v) is 20.0. The van der Waals surface area contributed by atoms with Crippen LogP contribution in [0.5, 0.6) is 5.75 Å². The number of hydrogen-bond acceptors (Lipinski definition) is 5. The summed E-state index contributed by atoms with van der Waals surface area (Å²) in [5, 5.41) is 0.996. The molecule has 3 heterocycles. The fraction of sp³-hybridized carbons (Fsp3) is 0.462. The molecule has 0 spiro atoms. The van der Waals surface area contributed by atoms with E-state index < -0.39 is 10.0 Å². The van der Waals surface area contributed by atoms with E-state index in [1.807, 2.05) is 24.3 Å². The third kappa shape index (κ3) is 3.57. The van der Waals surface area contributed by atoms with Crippen LogP contribution in [-0.2, 0) is 16.6 Å². The van der Waals surface area contributed by atoms with E-state index in [9.17, 15) is 8.42 Å². The van der Waals surface area contributed by atoms with Crippen molar-refractivity contribution in [3.8, 4) is 17.0 Å². The lowest BCUT2D eigenvalue weighted by Gasteiger charge is -2.32. The van der Waals surface area contributed by atoms with E-state index in [0.717, 1.165) is 79.0 Å². The van der Waals surface area contributed by atoms with Crippen molar-refractivity contribution >= 4 is 20.9 Å². The largest absolute Gasteiger partial charge is 0.490 e. The van der Waals surface area contributed by atoms with Gasteiger partial charge < -0.3 is 9.64 Å². The molecule has 0 atom stereocenters. The van der Waals surface area contributed by atoms with Crippen LogP contribution in [0.3, 0.4) is 0 Å². The van der Waals surface area contributed by atoms with E-state index in [1.54, 1.807) is 16.1 Å². The second kappa shape index (κ2) is 8.15. The molecule has 7 heteroatoms. The maximum absolute atomic E-state index is 13.6. The van der Waals surface area contributed by atoms with Crippen molar-refractivity contribution in [3.63, 3.8) is 0 Å². The molecule has 1 saturated heterocycles. The first-order valence-electron chi connectivity index (χ1n) is 12.1. The second-order valence-corrected chi connectivity index (χ2v) is 11.5. The number of hydrogen-bond donors (Lipinski definition) is 0. The summed E-state index contributed by atoms with van der Waals surface area (Å²) in [6.45, 7) is 4.76. The molecular weight excluding hydrogens is 434 g/mol. The summed E-state index contributed by atoms with van der Waals surface area (Å²) >= 11 is 0. The first-order chi connectivity index (χ1) is 16.0. The average molecular weight is 466 g/mol. The highest BCUT2D eigenvalue weighted by molar-refractivity contribution is 7.90. The molecule has 1 saturated carbocycles. The van der Waals surface area contributed by atoms with Crippen LogP contribution >= 0.6 is 0 Å². The number of piperazine rings is 1. The number of nitrogens with zero attached hydrogens (tertiary/aromatic N) is 3. The molecule has 0 N–H and O–H groups in total. The summed E-state index contributed by atoms with van der Waals surface area (Å²) in [6.07, 6.45) is 6.18. The Bertz CT molecular complexity index is 1300. The molecule has 2 aliphatic heterocycles. The van der Waals surface area contributed by atoms with Gasteiger partial charge in [-0.15, -0.1) is 0 Å². The minimum absolute atomic E-state index is 0.260. The molecule has 33 heavy (non-hydrogen) atoms. The van der Waals surface area contributed by atoms with Crippen molar-refractivity contribution in [2.45, 2.75) is 49.6 Å². The van der Waals surface area contributed by atoms with Gasteiger partial charge in [0.05, 0.1) is 22.2 Å². The van der Waals surface area contributed by atoms with Gasteiger partial charge in [0.15, 0.2) is 0 Å². The van der Waals surface area contributed by atoms with Crippen LogP contribution in [-0.4, -0.2) is 61.5 Å². The van der Waals surface area contributed by atoms with Crippen LogP contribution in [0.4, 0.5) is 0 Å². The molecule has 0 radical (unpaired) electrons. The molecule has 0 bridgehead atoms. The lowest BCUT2D eigenvalue weighted by Crippen LogP contribution is -2.43. The van der Waals surface area contributed by atoms with E-state index in [-0.39, 0.29) is 6.10 Å². The Morgan fingerprint density at radius 1 is 0.970 bits per heavy atom. The van der Waals surface area contributed by atoms with E-state index in [1.165, 1.54) is 19.3 Å². The van der Waals surface area contributed by atoms with Gasteiger partial charge in [0, 0.05) is 49.2 Å². The van der Waals surface area contributed by atoms with Crippen LogP contribution < -0.4 is 4.74 Å². The molecule has 3 aliphatic rings. The molecule has 2 fully saturated rings. The number of fused-ring (bicyclic) bond motifs is 5. The fourth-order valence-electron chi connectivity index (χ4n) is 5.65. The van der Waals surface area contributed by atoms with Gasteiger partial charge in [-0.2, -0.15) is 0 Å². The summed E-state index contributed by atoms with van der Waals surface area (Å²) in [4.78, 5) is 5.19. The van der Waals surface area contributed by atoms with Crippen molar-refractivity contribution in [2.24, 2.45) is 0 Å². The highest BCUT2D eigenvalue weighted by atomic mass is 32.2. The Morgan fingerprint density at radius 2 is 1.73 bits per heavy atom. The Morgan fingerprint density at radius 3 is 2.52 bits per heavy atom. The lowest BCUT2D eigenvalue weighted by atomic mass is 9.98. The second-order valence-electron chi connectivity index (χ2n) is 9.73. The van der Waals surface area contributed by atoms with Crippen LogP contribution in [0, 0.1) is 0 Å². The summed E-state index contributed by atoms with van der Waals surface area (Å²) in [5.74, 6) is 0.851. The maximum Gasteiger partial charge on any atom is 0.269 e. The smallest absolute Gasteiger partial charge is 0.269 e. The molecule has 6 rings (SSSR count). The highest BCUT2D eigenvalue weighted by Crippen LogP contribution is 2.46. The number of benzene rings is 2. The number of ether oxygens (including phenoxy) is 1. The molecule has 1 aromatic heterocycles. The van der Waals surface area contributed by atoms with Gasteiger partial charge in [0.25, 0.3) is 10.0 Å². The van der Waals surface area contributed by atoms with Crippen LogP contribution in [0.25, 0.3) is 22.2 Å². The monoisotopic (exact) mass is 465 g/mol. The van der Waals surface area contributed by atoms with Crippen LogP contribution in [0.15, 0.2) is 47.4 Å². The first-order valence-corrected chi connectivity index (χ1v) is 13.6. The van der Waals surface area contributed by atoms with Gasteiger partial charge in [0.1, 0.15) is 5.75 Å². The predicted molar refractivity (Wildman–Crippen MR) is 130 cm³/mol. The summed E-state index contributed by atoms with van der Waals surface area (Å²) in [6, 6.07) is 13.4. The first kappa shape index (κ1) is 21.2. The number of aromatic nitrogens is 1. The lowest BCUT2D eigenvalue weighted by molar-refractivity contribution is 0.148. The fourth-order valence-corrected chi connectivity index (χ4v) is 7.41. The van der Waals surface area contributed by atoms with Crippen LogP contribution in [0.1, 0.15) is 37.7 Å². The molecule has 3 aromatic rings. The third-order valence-corrected chi connectivity index (χ3v) is 9.27. The Kier molecular flexibility index (Phi) is 5.24. The van der Waals surface area contributed by atoms with Gasteiger partial charge in [-0.1, -0.05) is 24.6 Å². The Balaban J connectivity index is 1.48. The minimum Gasteiger partial charge on any atom is -0.490 e. The molecule has 6 nitrogen and oxygen atoms in total. The quantitative estimate of drug-likeness (QED) is 0.449. The van der Waals surface area contributed by atoms with Crippen molar-refractivity contribution in [1.29, 1.82) is 0 Å². The van der Waals surface area contributed by atoms with Gasteiger partial charge >= 0.3 is 0 Å². The molecule has 2 aromatic carbocycles. The van der Waals surface area contributed by atoms with Crippen molar-refractivity contribution in [1.82, 2.24) is 13.8 Å². The standard InChI is InChI=1S/C26H31N3O3S/c1-27-13-15-28(16-14-27)18-23-22-17-20(32-19-7-3-2-4-8-19)11-12-24(22)29-26(23)21-9-5-6-10-25(21)33(29,30)31/h5-6,9-12,17,19H,2-4,7-8,13-16,18H2,1H3. The summed E-state index contributed by atoms with van der Waals surface area (Å²) < 4.78 is 35.0. The molecule has 174 valence electrons. The highest BCUT2D eigenvalue weighted by Gasteiger charge is 2.37. The van der Waals surface area contributed by atoms with E-state index in [2.05, 4.69) is 22.9 Å². The van der Waals surface area contributed by atoms with Gasteiger partial charge in [-0.3, -0.25) is 4.90 Å². The summed E-state index contributed by atoms with van der Waals surface area (Å²) in [7, 11) is -1.46. The molecule has 1 aliphatic carbocycles. The number of rotatable bonds is 4. The van der Waals surface area contributed by atoms with Gasteiger partial charge in [0.2, 0.25) is 0 Å². The molecule has 0 unspecified atom stereocenters.